The number of hydrogen-bond acceptors (Lipinski definition) is 5. The molecule has 6 rings (SSSR count). The summed E-state index contributed by atoms with van der Waals surface area (Å²) in [5.74, 6) is 3.35. The lowest BCUT2D eigenvalue weighted by Crippen LogP contribution is -2.30. The number of rotatable bonds is 19. The second-order valence-electron chi connectivity index (χ2n) is 17.0. The first kappa shape index (κ1) is 42.6. The highest BCUT2D eigenvalue weighted by Gasteiger charge is 2.66. The van der Waals surface area contributed by atoms with Crippen LogP contribution in [0, 0.1) is 23.7 Å². The molecular formula is C45H76N4O2S. The van der Waals surface area contributed by atoms with Gasteiger partial charge in [-0.3, -0.25) is 4.72 Å². The lowest BCUT2D eigenvalue weighted by atomic mass is 9.92. The third kappa shape index (κ3) is 11.0. The van der Waals surface area contributed by atoms with E-state index in [2.05, 4.69) is 86.4 Å². The summed E-state index contributed by atoms with van der Waals surface area (Å²) in [5, 5.41) is 0. The van der Waals surface area contributed by atoms with E-state index in [-0.39, 0.29) is 11.2 Å². The molecule has 2 heterocycles. The first-order valence-corrected chi connectivity index (χ1v) is 23.0. The van der Waals surface area contributed by atoms with E-state index in [1.807, 2.05) is 25.1 Å². The van der Waals surface area contributed by atoms with E-state index in [1.165, 1.54) is 121 Å². The molecule has 4 unspecified atom stereocenters. The normalized spacial score (nSPS) is 27.5. The number of nitrogens with one attached hydrogen (secondary N) is 1. The number of anilines is 2. The van der Waals surface area contributed by atoms with Crippen LogP contribution in [0.5, 0.6) is 0 Å². The topological polar surface area (TPSA) is 78.7 Å². The highest BCUT2D eigenvalue weighted by molar-refractivity contribution is 7.92. The van der Waals surface area contributed by atoms with Gasteiger partial charge >= 0.3 is 0 Å². The van der Waals surface area contributed by atoms with Crippen molar-refractivity contribution >= 4 is 21.4 Å². The molecule has 4 fully saturated rings. The van der Waals surface area contributed by atoms with E-state index in [9.17, 15) is 8.42 Å². The number of nitrogens with two attached hydrogens (primary N) is 1. The van der Waals surface area contributed by atoms with E-state index >= 15 is 0 Å². The van der Waals surface area contributed by atoms with Crippen LogP contribution in [0.25, 0.3) is 0 Å². The first-order valence-electron chi connectivity index (χ1n) is 21.4. The largest absolute Gasteiger partial charge is 0.399 e. The van der Waals surface area contributed by atoms with Crippen LogP contribution in [0.1, 0.15) is 143 Å². The number of unbranched alkanes of at least 4 members (excludes halogenated alkanes) is 9. The fourth-order valence-electron chi connectivity index (χ4n) is 9.38. The molecule has 2 saturated heterocycles. The molecule has 0 bridgehead atoms. The van der Waals surface area contributed by atoms with Crippen LogP contribution in [-0.2, 0) is 20.9 Å². The zero-order chi connectivity index (χ0) is 37.8. The molecule has 0 aromatic heterocycles. The van der Waals surface area contributed by atoms with Crippen LogP contribution >= 0.6 is 0 Å². The van der Waals surface area contributed by atoms with E-state index in [0.29, 0.717) is 17.5 Å². The van der Waals surface area contributed by atoms with E-state index in [4.69, 9.17) is 5.73 Å². The highest BCUT2D eigenvalue weighted by atomic mass is 32.2. The molecule has 0 amide bonds. The third-order valence-corrected chi connectivity index (χ3v) is 14.4. The molecule has 2 aromatic rings. The number of sulfonamides is 1. The van der Waals surface area contributed by atoms with Crippen LogP contribution in [0.2, 0.25) is 0 Å². The summed E-state index contributed by atoms with van der Waals surface area (Å²) in [7, 11) is -3.24. The molecular weight excluding hydrogens is 661 g/mol. The predicted octanol–water partition coefficient (Wildman–Crippen LogP) is 10.5. The van der Waals surface area contributed by atoms with Gasteiger partial charge in [-0.15, -0.1) is 0 Å². The Morgan fingerprint density at radius 1 is 0.615 bits per heavy atom. The Morgan fingerprint density at radius 3 is 1.48 bits per heavy atom. The van der Waals surface area contributed by atoms with Gasteiger partial charge in [-0.05, 0) is 91.4 Å². The third-order valence-electron chi connectivity index (χ3n) is 13.0. The maximum absolute atomic E-state index is 12.2. The zero-order valence-electron chi connectivity index (χ0n) is 34.3. The quantitative estimate of drug-likeness (QED) is 0.111. The van der Waals surface area contributed by atoms with Gasteiger partial charge in [-0.2, -0.15) is 0 Å². The van der Waals surface area contributed by atoms with Gasteiger partial charge in [0.15, 0.2) is 0 Å². The van der Waals surface area contributed by atoms with Crippen LogP contribution < -0.4 is 10.5 Å². The average Bonchev–Trinajstić information content (AvgIpc) is 3.60. The fraction of sp³-hybridized carbons (Fsp3) is 0.733. The van der Waals surface area contributed by atoms with Crippen molar-refractivity contribution in [2.75, 3.05) is 55.5 Å². The molecule has 2 aromatic carbocycles. The Morgan fingerprint density at radius 2 is 1.06 bits per heavy atom. The van der Waals surface area contributed by atoms with Gasteiger partial charge < -0.3 is 15.5 Å². The molecule has 2 aliphatic heterocycles. The summed E-state index contributed by atoms with van der Waals surface area (Å²) in [6, 6.07) is 16.6. The SMILES string of the molecule is CCCCC.CCCCCCN1CC2C(C1)C2(C)c1cccc(N)c1.CCCCCCN1CC2C(C1)C2(C)c1cccc(NS(=O)(=O)CCCC)c1. The highest BCUT2D eigenvalue weighted by Crippen LogP contribution is 2.64. The van der Waals surface area contributed by atoms with E-state index in [1.54, 1.807) is 0 Å². The Labute approximate surface area is 320 Å². The number of fused-ring (bicyclic) bond motifs is 2. The maximum Gasteiger partial charge on any atom is 0.232 e. The van der Waals surface area contributed by atoms with Crippen molar-refractivity contribution in [2.45, 2.75) is 143 Å². The summed E-state index contributed by atoms with van der Waals surface area (Å²) in [6.45, 7) is 23.3. The van der Waals surface area contributed by atoms with Crippen molar-refractivity contribution in [3.8, 4) is 0 Å². The molecule has 2 saturated carbocycles. The molecule has 3 N–H and O–H groups in total. The monoisotopic (exact) mass is 737 g/mol. The molecule has 7 heteroatoms. The van der Waals surface area contributed by atoms with Gasteiger partial charge in [0.05, 0.1) is 5.75 Å². The standard InChI is InChI=1S/C22H36N2O2S.C18H28N2.C5H12/c1-4-6-8-9-13-24-16-20-21(17-24)22(20,3)18-11-10-12-19(15-18)23-27(25,26)14-7-5-2;1-3-4-5-6-10-20-12-16-17(13-20)18(16,2)14-8-7-9-15(19)11-14;1-3-5-4-2/h10-12,15,20-21,23H,4-9,13-14,16-17H2,1-3H3;7-9,11,16-17H,3-6,10,12-13,19H2,1-2H3;3-5H2,1-2H3. The summed E-state index contributed by atoms with van der Waals surface area (Å²) >= 11 is 0. The predicted molar refractivity (Wildman–Crippen MR) is 225 cm³/mol. The summed E-state index contributed by atoms with van der Waals surface area (Å²) in [4.78, 5) is 5.31. The van der Waals surface area contributed by atoms with Gasteiger partial charge in [0.1, 0.15) is 0 Å². The Bertz CT molecular complexity index is 1430. The zero-order valence-corrected chi connectivity index (χ0v) is 35.1. The van der Waals surface area contributed by atoms with Crippen molar-refractivity contribution in [3.63, 3.8) is 0 Å². The average molecular weight is 737 g/mol. The van der Waals surface area contributed by atoms with Gasteiger partial charge in [-0.25, -0.2) is 8.42 Å². The van der Waals surface area contributed by atoms with Crippen LogP contribution in [0.4, 0.5) is 11.4 Å². The lowest BCUT2D eigenvalue weighted by Gasteiger charge is -2.24. The minimum absolute atomic E-state index is 0.198. The summed E-state index contributed by atoms with van der Waals surface area (Å²) < 4.78 is 27.2. The van der Waals surface area contributed by atoms with E-state index < -0.39 is 10.0 Å². The Balaban J connectivity index is 0.000000213. The summed E-state index contributed by atoms with van der Waals surface area (Å²) in [6.07, 6.45) is 16.5. The fourth-order valence-corrected chi connectivity index (χ4v) is 10.6. The lowest BCUT2D eigenvalue weighted by molar-refractivity contribution is 0.271. The molecule has 6 nitrogen and oxygen atoms in total. The van der Waals surface area contributed by atoms with Crippen molar-refractivity contribution < 1.29 is 8.42 Å². The molecule has 0 spiro atoms. The summed E-state index contributed by atoms with van der Waals surface area (Å²) in [5.41, 5.74) is 10.9. The minimum atomic E-state index is -3.24. The molecule has 294 valence electrons. The number of nitrogen functional groups attached to an aromatic ring is 1. The van der Waals surface area contributed by atoms with E-state index in [0.717, 1.165) is 35.8 Å². The van der Waals surface area contributed by atoms with Crippen molar-refractivity contribution in [1.29, 1.82) is 0 Å². The molecule has 4 aliphatic rings. The van der Waals surface area contributed by atoms with Crippen molar-refractivity contribution in [2.24, 2.45) is 23.7 Å². The minimum Gasteiger partial charge on any atom is -0.399 e. The van der Waals surface area contributed by atoms with Gasteiger partial charge in [-0.1, -0.05) is 137 Å². The van der Waals surface area contributed by atoms with Gasteiger partial charge in [0, 0.05) is 48.4 Å². The van der Waals surface area contributed by atoms with Gasteiger partial charge in [0.25, 0.3) is 0 Å². The number of hydrogen-bond donors (Lipinski definition) is 2. The number of nitrogens with zero attached hydrogens (tertiary/aromatic N) is 2. The Kier molecular flexibility index (Phi) is 16.4. The van der Waals surface area contributed by atoms with Crippen LogP contribution in [0.3, 0.4) is 0 Å². The smallest absolute Gasteiger partial charge is 0.232 e. The van der Waals surface area contributed by atoms with Gasteiger partial charge in [0.2, 0.25) is 10.0 Å². The number of piperidine rings is 2. The second-order valence-corrected chi connectivity index (χ2v) is 18.8. The molecule has 52 heavy (non-hydrogen) atoms. The molecule has 4 atom stereocenters. The number of likely N-dealkylation sites (tertiary alicyclic amines) is 2. The van der Waals surface area contributed by atoms with Crippen LogP contribution in [0.15, 0.2) is 48.5 Å². The maximum atomic E-state index is 12.2. The molecule has 0 radical (unpaired) electrons. The van der Waals surface area contributed by atoms with Crippen molar-refractivity contribution in [1.82, 2.24) is 9.80 Å². The number of benzene rings is 2. The first-order chi connectivity index (χ1) is 25.0. The Hall–Kier alpha value is -2.09. The van der Waals surface area contributed by atoms with Crippen LogP contribution in [-0.4, -0.2) is 63.2 Å². The van der Waals surface area contributed by atoms with Crippen molar-refractivity contribution in [3.05, 3.63) is 59.7 Å². The second kappa shape index (κ2) is 20.0. The molecule has 2 aliphatic carbocycles.